The zero-order valence-electron chi connectivity index (χ0n) is 10.1. The van der Waals surface area contributed by atoms with E-state index < -0.39 is 0 Å². The van der Waals surface area contributed by atoms with Crippen LogP contribution >= 0.6 is 0 Å². The van der Waals surface area contributed by atoms with Gasteiger partial charge in [-0.2, -0.15) is 0 Å². The van der Waals surface area contributed by atoms with Crippen LogP contribution in [-0.4, -0.2) is 6.79 Å². The second kappa shape index (κ2) is 4.14. The van der Waals surface area contributed by atoms with Crippen molar-refractivity contribution >= 4 is 17.1 Å². The molecule has 4 heteroatoms. The number of anilines is 3. The minimum Gasteiger partial charge on any atom is -0.454 e. The molecule has 1 heterocycles. The molecule has 0 aliphatic carbocycles. The van der Waals surface area contributed by atoms with E-state index in [1.807, 2.05) is 43.3 Å². The first-order valence-electron chi connectivity index (χ1n) is 5.76. The van der Waals surface area contributed by atoms with Gasteiger partial charge in [-0.05, 0) is 30.7 Å². The Hall–Kier alpha value is -2.36. The minimum absolute atomic E-state index is 0.283. The third-order valence-electron chi connectivity index (χ3n) is 2.95. The number of aryl methyl sites for hydroxylation is 1. The molecule has 0 aromatic heterocycles. The Bertz CT molecular complexity index is 576. The maximum absolute atomic E-state index is 5.96. The monoisotopic (exact) mass is 242 g/mol. The molecule has 0 saturated carbocycles. The smallest absolute Gasteiger partial charge is 0.231 e. The van der Waals surface area contributed by atoms with Crippen LogP contribution in [0.25, 0.3) is 0 Å². The Labute approximate surface area is 105 Å². The topological polar surface area (TPSA) is 56.5 Å². The summed E-state index contributed by atoms with van der Waals surface area (Å²) in [4.78, 5) is 0. The largest absolute Gasteiger partial charge is 0.454 e. The van der Waals surface area contributed by atoms with Gasteiger partial charge in [-0.1, -0.05) is 12.1 Å². The number of nitrogen functional groups attached to an aromatic ring is 1. The van der Waals surface area contributed by atoms with Crippen molar-refractivity contribution in [3.8, 4) is 11.5 Å². The summed E-state index contributed by atoms with van der Waals surface area (Å²) in [5.41, 5.74) is 9.66. The molecule has 4 nitrogen and oxygen atoms in total. The maximum atomic E-state index is 5.96. The summed E-state index contributed by atoms with van der Waals surface area (Å²) in [5, 5.41) is 3.31. The maximum Gasteiger partial charge on any atom is 0.231 e. The molecular formula is C14H14N2O2. The molecule has 1 aliphatic rings. The highest BCUT2D eigenvalue weighted by molar-refractivity contribution is 5.76. The number of hydrogen-bond acceptors (Lipinski definition) is 4. The quantitative estimate of drug-likeness (QED) is 0.795. The Morgan fingerprint density at radius 2 is 1.94 bits per heavy atom. The van der Waals surface area contributed by atoms with Crippen LogP contribution in [-0.2, 0) is 0 Å². The van der Waals surface area contributed by atoms with Crippen molar-refractivity contribution in [3.05, 3.63) is 42.0 Å². The fraction of sp³-hybridized carbons (Fsp3) is 0.143. The second-order valence-electron chi connectivity index (χ2n) is 4.23. The van der Waals surface area contributed by atoms with E-state index in [4.69, 9.17) is 15.2 Å². The van der Waals surface area contributed by atoms with E-state index in [1.165, 1.54) is 0 Å². The fourth-order valence-electron chi connectivity index (χ4n) is 1.98. The van der Waals surface area contributed by atoms with Gasteiger partial charge in [0.2, 0.25) is 6.79 Å². The van der Waals surface area contributed by atoms with Crippen molar-refractivity contribution in [2.24, 2.45) is 0 Å². The first-order valence-corrected chi connectivity index (χ1v) is 5.76. The SMILES string of the molecule is Cc1cccc(N)c1Nc1ccc2c(c1)OCO2. The summed E-state index contributed by atoms with van der Waals surface area (Å²) in [7, 11) is 0. The lowest BCUT2D eigenvalue weighted by Crippen LogP contribution is -1.98. The van der Waals surface area contributed by atoms with Crippen LogP contribution in [0.2, 0.25) is 0 Å². The summed E-state index contributed by atoms with van der Waals surface area (Å²) in [5.74, 6) is 1.53. The molecule has 2 aromatic rings. The van der Waals surface area contributed by atoms with Gasteiger partial charge in [0, 0.05) is 11.8 Å². The molecule has 0 unspecified atom stereocenters. The van der Waals surface area contributed by atoms with Gasteiger partial charge in [0.1, 0.15) is 0 Å². The van der Waals surface area contributed by atoms with Gasteiger partial charge in [0.05, 0.1) is 11.4 Å². The zero-order chi connectivity index (χ0) is 12.5. The Morgan fingerprint density at radius 3 is 2.78 bits per heavy atom. The molecule has 3 N–H and O–H groups in total. The van der Waals surface area contributed by atoms with Crippen molar-refractivity contribution in [1.82, 2.24) is 0 Å². The molecule has 0 radical (unpaired) electrons. The van der Waals surface area contributed by atoms with Gasteiger partial charge >= 0.3 is 0 Å². The lowest BCUT2D eigenvalue weighted by atomic mass is 10.1. The summed E-state index contributed by atoms with van der Waals surface area (Å²) >= 11 is 0. The zero-order valence-corrected chi connectivity index (χ0v) is 10.1. The first-order chi connectivity index (χ1) is 8.74. The van der Waals surface area contributed by atoms with Gasteiger partial charge in [-0.3, -0.25) is 0 Å². The number of nitrogens with two attached hydrogens (primary N) is 1. The molecule has 0 saturated heterocycles. The van der Waals surface area contributed by atoms with Gasteiger partial charge in [-0.15, -0.1) is 0 Å². The van der Waals surface area contributed by atoms with Crippen molar-refractivity contribution < 1.29 is 9.47 Å². The third kappa shape index (κ3) is 1.82. The minimum atomic E-state index is 0.283. The summed E-state index contributed by atoms with van der Waals surface area (Å²) in [6, 6.07) is 11.6. The average molecular weight is 242 g/mol. The Morgan fingerprint density at radius 1 is 1.11 bits per heavy atom. The standard InChI is InChI=1S/C14H14N2O2/c1-9-3-2-4-11(15)14(9)16-10-5-6-12-13(7-10)18-8-17-12/h2-7,16H,8,15H2,1H3. The molecule has 0 amide bonds. The molecule has 0 spiro atoms. The summed E-state index contributed by atoms with van der Waals surface area (Å²) < 4.78 is 10.6. The summed E-state index contributed by atoms with van der Waals surface area (Å²) in [6.45, 7) is 2.30. The number of para-hydroxylation sites is 1. The van der Waals surface area contributed by atoms with Gasteiger partial charge < -0.3 is 20.5 Å². The van der Waals surface area contributed by atoms with Crippen molar-refractivity contribution in [2.75, 3.05) is 17.8 Å². The number of ether oxygens (including phenoxy) is 2. The first kappa shape index (κ1) is 10.8. The number of hydrogen-bond donors (Lipinski definition) is 2. The van der Waals surface area contributed by atoms with Crippen LogP contribution < -0.4 is 20.5 Å². The van der Waals surface area contributed by atoms with Crippen molar-refractivity contribution in [1.29, 1.82) is 0 Å². The second-order valence-corrected chi connectivity index (χ2v) is 4.23. The molecule has 0 fully saturated rings. The van der Waals surface area contributed by atoms with Crippen LogP contribution in [0.4, 0.5) is 17.1 Å². The highest BCUT2D eigenvalue weighted by Crippen LogP contribution is 2.36. The molecule has 0 bridgehead atoms. The lowest BCUT2D eigenvalue weighted by Gasteiger charge is -2.12. The van der Waals surface area contributed by atoms with Crippen molar-refractivity contribution in [3.63, 3.8) is 0 Å². The number of nitrogens with one attached hydrogen (secondary N) is 1. The van der Waals surface area contributed by atoms with Crippen LogP contribution in [0.5, 0.6) is 11.5 Å². The average Bonchev–Trinajstić information content (AvgIpc) is 2.81. The third-order valence-corrected chi connectivity index (χ3v) is 2.95. The molecule has 0 atom stereocenters. The lowest BCUT2D eigenvalue weighted by molar-refractivity contribution is 0.174. The number of rotatable bonds is 2. The van der Waals surface area contributed by atoms with Crippen LogP contribution in [0.15, 0.2) is 36.4 Å². The van der Waals surface area contributed by atoms with Crippen LogP contribution in [0, 0.1) is 6.92 Å². The van der Waals surface area contributed by atoms with Crippen LogP contribution in [0.3, 0.4) is 0 Å². The Kier molecular flexibility index (Phi) is 2.48. The van der Waals surface area contributed by atoms with E-state index in [-0.39, 0.29) is 6.79 Å². The van der Waals surface area contributed by atoms with Gasteiger partial charge in [0.15, 0.2) is 11.5 Å². The Balaban J connectivity index is 1.93. The molecular weight excluding hydrogens is 228 g/mol. The normalized spacial score (nSPS) is 12.5. The van der Waals surface area contributed by atoms with E-state index in [9.17, 15) is 0 Å². The molecule has 1 aliphatic heterocycles. The van der Waals surface area contributed by atoms with Gasteiger partial charge in [-0.25, -0.2) is 0 Å². The molecule has 3 rings (SSSR count). The summed E-state index contributed by atoms with van der Waals surface area (Å²) in [6.07, 6.45) is 0. The van der Waals surface area contributed by atoms with E-state index in [1.54, 1.807) is 0 Å². The van der Waals surface area contributed by atoms with E-state index >= 15 is 0 Å². The predicted molar refractivity (Wildman–Crippen MR) is 71.4 cm³/mol. The molecule has 2 aromatic carbocycles. The van der Waals surface area contributed by atoms with Gasteiger partial charge in [0.25, 0.3) is 0 Å². The fourth-order valence-corrected chi connectivity index (χ4v) is 1.98. The highest BCUT2D eigenvalue weighted by atomic mass is 16.7. The predicted octanol–water partition coefficient (Wildman–Crippen LogP) is 3.05. The van der Waals surface area contributed by atoms with E-state index in [0.717, 1.165) is 34.1 Å². The molecule has 18 heavy (non-hydrogen) atoms. The van der Waals surface area contributed by atoms with E-state index in [2.05, 4.69) is 5.32 Å². The van der Waals surface area contributed by atoms with E-state index in [0.29, 0.717) is 0 Å². The van der Waals surface area contributed by atoms with Crippen molar-refractivity contribution in [2.45, 2.75) is 6.92 Å². The number of fused-ring (bicyclic) bond motifs is 1. The van der Waals surface area contributed by atoms with Crippen LogP contribution in [0.1, 0.15) is 5.56 Å². The number of benzene rings is 2. The molecule has 92 valence electrons. The highest BCUT2D eigenvalue weighted by Gasteiger charge is 2.13.